The van der Waals surface area contributed by atoms with E-state index in [0.717, 1.165) is 39.0 Å². The van der Waals surface area contributed by atoms with Gasteiger partial charge in [0.25, 0.3) is 0 Å². The first-order chi connectivity index (χ1) is 25.7. The van der Waals surface area contributed by atoms with Crippen molar-refractivity contribution < 1.29 is 4.42 Å². The monoisotopic (exact) mass is 699 g/mol. The third-order valence-electron chi connectivity index (χ3n) is 10.3. The van der Waals surface area contributed by atoms with Gasteiger partial charge in [0.2, 0.25) is 0 Å². The second kappa shape index (κ2) is 11.7. The molecule has 0 atom stereocenters. The second-order valence-corrected chi connectivity index (χ2v) is 15.5. The van der Waals surface area contributed by atoms with Gasteiger partial charge < -0.3 is 9.32 Å². The summed E-state index contributed by atoms with van der Waals surface area (Å²) in [5, 5.41) is 7.49. The number of rotatable bonds is 5. The topological polar surface area (TPSA) is 16.4 Å². The average Bonchev–Trinajstić information content (AvgIpc) is 3.89. The molecular formula is C48H29NOS2. The fraction of sp³-hybridized carbons (Fsp3) is 0. The third-order valence-corrected chi connectivity index (χ3v) is 12.6. The lowest BCUT2D eigenvalue weighted by molar-refractivity contribution is 0.669. The molecule has 8 aromatic carbocycles. The van der Waals surface area contributed by atoms with Crippen LogP contribution in [0.5, 0.6) is 0 Å². The van der Waals surface area contributed by atoms with Crippen molar-refractivity contribution in [2.24, 2.45) is 0 Å². The van der Waals surface area contributed by atoms with Crippen molar-refractivity contribution in [2.45, 2.75) is 0 Å². The number of hydrogen-bond donors (Lipinski definition) is 0. The molecule has 4 heteroatoms. The van der Waals surface area contributed by atoms with E-state index in [1.165, 1.54) is 62.6 Å². The smallest absolute Gasteiger partial charge is 0.159 e. The number of furan rings is 1. The first-order valence-corrected chi connectivity index (χ1v) is 19.1. The van der Waals surface area contributed by atoms with E-state index in [1.807, 2.05) is 28.7 Å². The van der Waals surface area contributed by atoms with Gasteiger partial charge in [-0.25, -0.2) is 0 Å². The molecule has 0 saturated heterocycles. The van der Waals surface area contributed by atoms with Gasteiger partial charge in [-0.05, 0) is 89.0 Å². The maximum atomic E-state index is 6.62. The molecule has 11 rings (SSSR count). The highest BCUT2D eigenvalue weighted by molar-refractivity contribution is 7.26. The predicted molar refractivity (Wildman–Crippen MR) is 225 cm³/mol. The Morgan fingerprint density at radius 1 is 0.346 bits per heavy atom. The highest BCUT2D eigenvalue weighted by atomic mass is 32.1. The summed E-state index contributed by atoms with van der Waals surface area (Å²) in [6.07, 6.45) is 0. The fourth-order valence-electron chi connectivity index (χ4n) is 7.77. The summed E-state index contributed by atoms with van der Waals surface area (Å²) in [5.41, 5.74) is 9.68. The zero-order valence-electron chi connectivity index (χ0n) is 27.9. The van der Waals surface area contributed by atoms with Crippen molar-refractivity contribution in [3.63, 3.8) is 0 Å². The number of fused-ring (bicyclic) bond motifs is 9. The van der Waals surface area contributed by atoms with E-state index < -0.39 is 0 Å². The number of benzene rings is 8. The Labute approximate surface area is 308 Å². The molecule has 0 aliphatic heterocycles. The first-order valence-electron chi connectivity index (χ1n) is 17.5. The Morgan fingerprint density at radius 2 is 0.942 bits per heavy atom. The number of anilines is 3. The molecule has 0 aliphatic carbocycles. The molecule has 244 valence electrons. The lowest BCUT2D eigenvalue weighted by Gasteiger charge is -2.26. The zero-order chi connectivity index (χ0) is 34.2. The quantitative estimate of drug-likeness (QED) is 0.178. The maximum Gasteiger partial charge on any atom is 0.159 e. The van der Waals surface area contributed by atoms with E-state index in [1.54, 1.807) is 0 Å². The van der Waals surface area contributed by atoms with E-state index in [0.29, 0.717) is 0 Å². The Hall–Kier alpha value is -6.20. The Kier molecular flexibility index (Phi) is 6.63. The van der Waals surface area contributed by atoms with Gasteiger partial charge in [0.1, 0.15) is 5.58 Å². The number of thiophene rings is 2. The van der Waals surface area contributed by atoms with Gasteiger partial charge in [-0.3, -0.25) is 0 Å². The fourth-order valence-corrected chi connectivity index (χ4v) is 10.0. The van der Waals surface area contributed by atoms with Crippen LogP contribution in [0.3, 0.4) is 0 Å². The molecule has 0 fully saturated rings. The number of hydrogen-bond acceptors (Lipinski definition) is 4. The Morgan fingerprint density at radius 3 is 1.79 bits per heavy atom. The molecule has 0 N–H and O–H groups in total. The molecule has 0 spiro atoms. The summed E-state index contributed by atoms with van der Waals surface area (Å²) in [5.74, 6) is 0. The van der Waals surface area contributed by atoms with Gasteiger partial charge >= 0.3 is 0 Å². The van der Waals surface area contributed by atoms with Gasteiger partial charge in [0, 0.05) is 62.5 Å². The third kappa shape index (κ3) is 4.69. The minimum Gasteiger partial charge on any atom is -0.454 e. The molecule has 3 aromatic heterocycles. The standard InChI is InChI=1S/C48H29NOS2/c1-4-16-43-36(11-1)40-14-8-15-42(48(40)50-43)49(34-23-19-30(20-24-34)32-22-26-46-41(28-32)38-13-3-6-18-45(38)51-46)35-10-7-9-31(27-35)33-21-25-39-37-12-2-5-17-44(37)52-47(39)29-33/h1-29H. The van der Waals surface area contributed by atoms with Crippen LogP contribution in [-0.4, -0.2) is 0 Å². The van der Waals surface area contributed by atoms with Crippen LogP contribution in [0, 0.1) is 0 Å². The van der Waals surface area contributed by atoms with E-state index in [-0.39, 0.29) is 0 Å². The summed E-state index contributed by atoms with van der Waals surface area (Å²) < 4.78 is 11.9. The minimum atomic E-state index is 0.875. The first kappa shape index (κ1) is 29.5. The van der Waals surface area contributed by atoms with Crippen LogP contribution < -0.4 is 4.90 Å². The molecule has 3 heterocycles. The molecule has 0 bridgehead atoms. The summed E-state index contributed by atoms with van der Waals surface area (Å²) in [6, 6.07) is 63.7. The van der Waals surface area contributed by atoms with Crippen molar-refractivity contribution in [1.82, 2.24) is 0 Å². The van der Waals surface area contributed by atoms with E-state index in [4.69, 9.17) is 4.42 Å². The molecule has 0 unspecified atom stereocenters. The molecule has 0 saturated carbocycles. The van der Waals surface area contributed by atoms with Crippen molar-refractivity contribution in [2.75, 3.05) is 4.90 Å². The average molecular weight is 700 g/mol. The molecular weight excluding hydrogens is 671 g/mol. The van der Waals surface area contributed by atoms with Gasteiger partial charge in [0.05, 0.1) is 5.69 Å². The van der Waals surface area contributed by atoms with Crippen LogP contribution in [0.2, 0.25) is 0 Å². The molecule has 52 heavy (non-hydrogen) atoms. The summed E-state index contributed by atoms with van der Waals surface area (Å²) in [7, 11) is 0. The van der Waals surface area contributed by atoms with Crippen LogP contribution in [0.4, 0.5) is 17.1 Å². The van der Waals surface area contributed by atoms with E-state index in [9.17, 15) is 0 Å². The Balaban J connectivity index is 1.06. The van der Waals surface area contributed by atoms with Gasteiger partial charge in [-0.15, -0.1) is 22.7 Å². The van der Waals surface area contributed by atoms with Crippen molar-refractivity contribution in [3.8, 4) is 22.3 Å². The Bertz CT molecular complexity index is 3150. The van der Waals surface area contributed by atoms with Crippen molar-refractivity contribution >= 4 is 102 Å². The highest BCUT2D eigenvalue weighted by Gasteiger charge is 2.20. The number of nitrogens with zero attached hydrogens (tertiary/aromatic N) is 1. The predicted octanol–water partition coefficient (Wildman–Crippen LogP) is 15.1. The SMILES string of the molecule is c1cc(-c2ccc3c(c2)sc2ccccc23)cc(N(c2ccc(-c3ccc4sc5ccccc5c4c3)cc2)c2cccc3c2oc2ccccc23)c1. The van der Waals surface area contributed by atoms with Crippen LogP contribution in [0.15, 0.2) is 180 Å². The highest BCUT2D eigenvalue weighted by Crippen LogP contribution is 2.44. The molecule has 0 amide bonds. The second-order valence-electron chi connectivity index (χ2n) is 13.3. The van der Waals surface area contributed by atoms with Crippen LogP contribution >= 0.6 is 22.7 Å². The zero-order valence-corrected chi connectivity index (χ0v) is 29.5. The molecule has 11 aromatic rings. The summed E-state index contributed by atoms with van der Waals surface area (Å²) in [6.45, 7) is 0. The summed E-state index contributed by atoms with van der Waals surface area (Å²) in [4.78, 5) is 2.34. The normalized spacial score (nSPS) is 11.8. The maximum absolute atomic E-state index is 6.62. The van der Waals surface area contributed by atoms with Crippen LogP contribution in [0.1, 0.15) is 0 Å². The van der Waals surface area contributed by atoms with Gasteiger partial charge in [-0.2, -0.15) is 0 Å². The summed E-state index contributed by atoms with van der Waals surface area (Å²) >= 11 is 3.71. The lowest BCUT2D eigenvalue weighted by atomic mass is 10.0. The number of para-hydroxylation sites is 2. The van der Waals surface area contributed by atoms with E-state index in [2.05, 4.69) is 175 Å². The van der Waals surface area contributed by atoms with Crippen LogP contribution in [-0.2, 0) is 0 Å². The van der Waals surface area contributed by atoms with E-state index >= 15 is 0 Å². The molecule has 2 nitrogen and oxygen atoms in total. The van der Waals surface area contributed by atoms with Gasteiger partial charge in [0.15, 0.2) is 5.58 Å². The van der Waals surface area contributed by atoms with Crippen LogP contribution in [0.25, 0.3) is 84.5 Å². The minimum absolute atomic E-state index is 0.875. The molecule has 0 aliphatic rings. The molecule has 0 radical (unpaired) electrons. The lowest BCUT2D eigenvalue weighted by Crippen LogP contribution is -2.10. The van der Waals surface area contributed by atoms with Crippen molar-refractivity contribution in [1.29, 1.82) is 0 Å². The van der Waals surface area contributed by atoms with Crippen molar-refractivity contribution in [3.05, 3.63) is 176 Å². The largest absolute Gasteiger partial charge is 0.454 e. The van der Waals surface area contributed by atoms with Gasteiger partial charge in [-0.1, -0.05) is 109 Å².